The number of aromatic nitrogens is 1. The Kier molecular flexibility index (Phi) is 1.77. The minimum atomic E-state index is -0.401. The molecule has 4 heteroatoms. The van der Waals surface area contributed by atoms with Gasteiger partial charge < -0.3 is 5.73 Å². The van der Waals surface area contributed by atoms with Crippen LogP contribution in [0.4, 0.5) is 0 Å². The van der Waals surface area contributed by atoms with Crippen LogP contribution in [0.3, 0.4) is 0 Å². The first kappa shape index (κ1) is 7.61. The van der Waals surface area contributed by atoms with Crippen molar-refractivity contribution in [2.45, 2.75) is 11.4 Å². The van der Waals surface area contributed by atoms with Gasteiger partial charge in [0.2, 0.25) is 5.91 Å². The van der Waals surface area contributed by atoms with Gasteiger partial charge in [-0.2, -0.15) is 0 Å². The molecule has 0 saturated carbocycles. The van der Waals surface area contributed by atoms with E-state index in [2.05, 4.69) is 4.98 Å². The molecule has 1 aliphatic rings. The van der Waals surface area contributed by atoms with Crippen LogP contribution in [0, 0.1) is 0 Å². The minimum absolute atomic E-state index is 0.401. The van der Waals surface area contributed by atoms with Crippen molar-refractivity contribution in [1.82, 2.24) is 4.98 Å². The molecule has 2 heterocycles. The van der Waals surface area contributed by atoms with E-state index in [9.17, 15) is 4.79 Å². The van der Waals surface area contributed by atoms with Crippen molar-refractivity contribution >= 4 is 17.7 Å². The van der Waals surface area contributed by atoms with Crippen molar-refractivity contribution in [3.8, 4) is 0 Å². The predicted octanol–water partition coefficient (Wildman–Crippen LogP) is 0.829. The topological polar surface area (TPSA) is 56.0 Å². The molecule has 62 valence electrons. The van der Waals surface area contributed by atoms with Gasteiger partial charge in [0.1, 0.15) is 0 Å². The molecule has 0 aromatic carbocycles. The first-order chi connectivity index (χ1) is 5.77. The molecule has 0 aliphatic carbocycles. The van der Waals surface area contributed by atoms with E-state index in [1.807, 2.05) is 6.07 Å². The molecule has 0 atom stereocenters. The SMILES string of the molecule is NC(=O)c1cnc2c(c1)CCS2. The molecule has 0 fully saturated rings. The molecule has 2 rings (SSSR count). The van der Waals surface area contributed by atoms with E-state index in [1.165, 1.54) is 0 Å². The number of nitrogens with zero attached hydrogens (tertiary/aromatic N) is 1. The maximum absolute atomic E-state index is 10.8. The Hall–Kier alpha value is -1.03. The van der Waals surface area contributed by atoms with Gasteiger partial charge in [-0.25, -0.2) is 4.98 Å². The number of pyridine rings is 1. The lowest BCUT2D eigenvalue weighted by Gasteiger charge is -1.98. The maximum Gasteiger partial charge on any atom is 0.250 e. The van der Waals surface area contributed by atoms with Gasteiger partial charge in [0, 0.05) is 11.9 Å². The summed E-state index contributed by atoms with van der Waals surface area (Å²) < 4.78 is 0. The third-order valence-electron chi connectivity index (χ3n) is 1.82. The quantitative estimate of drug-likeness (QED) is 0.696. The minimum Gasteiger partial charge on any atom is -0.366 e. The number of thioether (sulfide) groups is 1. The van der Waals surface area contributed by atoms with Crippen LogP contribution >= 0.6 is 11.8 Å². The zero-order valence-corrected chi connectivity index (χ0v) is 7.23. The molecule has 0 radical (unpaired) electrons. The van der Waals surface area contributed by atoms with Crippen LogP contribution < -0.4 is 5.73 Å². The van der Waals surface area contributed by atoms with Crippen LogP contribution in [0.5, 0.6) is 0 Å². The number of nitrogens with two attached hydrogens (primary N) is 1. The van der Waals surface area contributed by atoms with E-state index < -0.39 is 5.91 Å². The molecule has 2 N–H and O–H groups in total. The molecule has 0 spiro atoms. The molecule has 1 aromatic rings. The van der Waals surface area contributed by atoms with Crippen LogP contribution in [0.2, 0.25) is 0 Å². The molecule has 0 saturated heterocycles. The molecule has 12 heavy (non-hydrogen) atoms. The van der Waals surface area contributed by atoms with Gasteiger partial charge in [0.25, 0.3) is 0 Å². The summed E-state index contributed by atoms with van der Waals surface area (Å²) in [5.41, 5.74) is 6.78. The van der Waals surface area contributed by atoms with Crippen molar-refractivity contribution in [2.75, 3.05) is 5.75 Å². The molecule has 3 nitrogen and oxygen atoms in total. The number of hydrogen-bond donors (Lipinski definition) is 1. The number of carbonyl (C=O) groups is 1. The summed E-state index contributed by atoms with van der Waals surface area (Å²) in [7, 11) is 0. The zero-order valence-electron chi connectivity index (χ0n) is 6.41. The zero-order chi connectivity index (χ0) is 8.55. The van der Waals surface area contributed by atoms with Gasteiger partial charge in [0.15, 0.2) is 0 Å². The van der Waals surface area contributed by atoms with Crippen LogP contribution in [-0.4, -0.2) is 16.6 Å². The summed E-state index contributed by atoms with van der Waals surface area (Å²) in [5.74, 6) is 0.659. The number of primary amides is 1. The number of fused-ring (bicyclic) bond motifs is 1. The number of rotatable bonds is 1. The Bertz CT molecular complexity index is 338. The average Bonchev–Trinajstić information content (AvgIpc) is 2.49. The number of amides is 1. The molecule has 1 amide bonds. The Labute approximate surface area is 74.4 Å². The van der Waals surface area contributed by atoms with Crippen LogP contribution in [0.25, 0.3) is 0 Å². The van der Waals surface area contributed by atoms with E-state index in [0.29, 0.717) is 5.56 Å². The second-order valence-electron chi connectivity index (χ2n) is 2.65. The highest BCUT2D eigenvalue weighted by atomic mass is 32.2. The molecular weight excluding hydrogens is 172 g/mol. The summed E-state index contributed by atoms with van der Waals surface area (Å²) >= 11 is 1.73. The molecule has 1 aliphatic heterocycles. The monoisotopic (exact) mass is 180 g/mol. The highest BCUT2D eigenvalue weighted by molar-refractivity contribution is 7.99. The summed E-state index contributed by atoms with van der Waals surface area (Å²) in [6, 6.07) is 1.84. The van der Waals surface area contributed by atoms with Gasteiger partial charge in [-0.3, -0.25) is 4.79 Å². The molecule has 0 unspecified atom stereocenters. The van der Waals surface area contributed by atoms with Crippen molar-refractivity contribution in [3.63, 3.8) is 0 Å². The number of hydrogen-bond acceptors (Lipinski definition) is 3. The van der Waals surface area contributed by atoms with Crippen molar-refractivity contribution < 1.29 is 4.79 Å². The van der Waals surface area contributed by atoms with Crippen LogP contribution in [0.15, 0.2) is 17.3 Å². The second-order valence-corrected chi connectivity index (χ2v) is 3.73. The fourth-order valence-electron chi connectivity index (χ4n) is 1.20. The van der Waals surface area contributed by atoms with E-state index in [0.717, 1.165) is 22.8 Å². The second kappa shape index (κ2) is 2.79. The largest absolute Gasteiger partial charge is 0.366 e. The average molecular weight is 180 g/mol. The lowest BCUT2D eigenvalue weighted by atomic mass is 10.1. The van der Waals surface area contributed by atoms with Crippen molar-refractivity contribution in [3.05, 3.63) is 23.4 Å². The lowest BCUT2D eigenvalue weighted by molar-refractivity contribution is 0.1000. The van der Waals surface area contributed by atoms with Crippen LogP contribution in [-0.2, 0) is 6.42 Å². The van der Waals surface area contributed by atoms with Gasteiger partial charge in [-0.05, 0) is 18.1 Å². The number of aryl methyl sites for hydroxylation is 1. The Morgan fingerprint density at radius 1 is 1.67 bits per heavy atom. The first-order valence-corrected chi connectivity index (χ1v) is 4.67. The van der Waals surface area contributed by atoms with Crippen molar-refractivity contribution in [1.29, 1.82) is 0 Å². The summed E-state index contributed by atoms with van der Waals surface area (Å²) in [6.45, 7) is 0. The Morgan fingerprint density at radius 3 is 3.25 bits per heavy atom. The smallest absolute Gasteiger partial charge is 0.250 e. The van der Waals surface area contributed by atoms with E-state index >= 15 is 0 Å². The summed E-state index contributed by atoms with van der Waals surface area (Å²) in [6.07, 6.45) is 2.54. The summed E-state index contributed by atoms with van der Waals surface area (Å²) in [4.78, 5) is 14.9. The fourth-order valence-corrected chi connectivity index (χ4v) is 2.19. The first-order valence-electron chi connectivity index (χ1n) is 3.69. The molecular formula is C8H8N2OS. The van der Waals surface area contributed by atoms with Crippen LogP contribution in [0.1, 0.15) is 15.9 Å². The highest BCUT2D eigenvalue weighted by Gasteiger charge is 2.14. The normalized spacial score (nSPS) is 14.3. The van der Waals surface area contributed by atoms with Gasteiger partial charge >= 0.3 is 0 Å². The molecule has 1 aromatic heterocycles. The molecule has 0 bridgehead atoms. The lowest BCUT2D eigenvalue weighted by Crippen LogP contribution is -2.11. The third-order valence-corrected chi connectivity index (χ3v) is 2.87. The Balaban J connectivity index is 2.45. The van der Waals surface area contributed by atoms with Crippen molar-refractivity contribution in [2.24, 2.45) is 5.73 Å². The van der Waals surface area contributed by atoms with Gasteiger partial charge in [0.05, 0.1) is 10.6 Å². The summed E-state index contributed by atoms with van der Waals surface area (Å²) in [5, 5.41) is 1.04. The number of carbonyl (C=O) groups excluding carboxylic acids is 1. The van der Waals surface area contributed by atoms with E-state index in [4.69, 9.17) is 5.73 Å². The van der Waals surface area contributed by atoms with E-state index in [1.54, 1.807) is 18.0 Å². The maximum atomic E-state index is 10.8. The standard InChI is InChI=1S/C8H8N2OS/c9-7(11)6-3-5-1-2-12-8(5)10-4-6/h3-4H,1-2H2,(H2,9,11). The van der Waals surface area contributed by atoms with Gasteiger partial charge in [-0.1, -0.05) is 0 Å². The third kappa shape index (κ3) is 1.18. The fraction of sp³-hybridized carbons (Fsp3) is 0.250. The predicted molar refractivity (Wildman–Crippen MR) is 47.2 cm³/mol. The van der Waals surface area contributed by atoms with E-state index in [-0.39, 0.29) is 0 Å². The highest BCUT2D eigenvalue weighted by Crippen LogP contribution is 2.29. The Morgan fingerprint density at radius 2 is 2.50 bits per heavy atom. The van der Waals surface area contributed by atoms with Gasteiger partial charge in [-0.15, -0.1) is 11.8 Å².